The Hall–Kier alpha value is -3.96. The molecule has 6 rings (SSSR count). The Kier molecular flexibility index (Phi) is 6.23. The molecule has 6 heteroatoms. The van der Waals surface area contributed by atoms with Gasteiger partial charge in [0.1, 0.15) is 17.1 Å². The minimum Gasteiger partial charge on any atom is -0.494 e. The van der Waals surface area contributed by atoms with E-state index < -0.39 is 0 Å². The normalized spacial score (nSPS) is 12.9. The summed E-state index contributed by atoms with van der Waals surface area (Å²) in [6.45, 7) is 3.50. The minimum absolute atomic E-state index is 0.162. The molecule has 0 fully saturated rings. The summed E-state index contributed by atoms with van der Waals surface area (Å²) in [6, 6.07) is 25.7. The molecule has 0 radical (unpaired) electrons. The number of aromatic nitrogens is 2. The van der Waals surface area contributed by atoms with E-state index in [0.717, 1.165) is 59.6 Å². The second-order valence-electron chi connectivity index (χ2n) is 9.31. The maximum atomic E-state index is 14.0. The molecular weight excluding hydrogens is 482 g/mol. The second kappa shape index (κ2) is 9.83. The van der Waals surface area contributed by atoms with Crippen molar-refractivity contribution in [3.8, 4) is 28.1 Å². The van der Waals surface area contributed by atoms with Crippen LogP contribution in [0, 0.1) is 0 Å². The van der Waals surface area contributed by atoms with E-state index >= 15 is 0 Å². The molecule has 3 heterocycles. The lowest BCUT2D eigenvalue weighted by Gasteiger charge is -2.11. The third-order valence-corrected chi connectivity index (χ3v) is 7.19. The lowest BCUT2D eigenvalue weighted by Crippen LogP contribution is -2.15. The number of halogens is 1. The zero-order valence-corrected chi connectivity index (χ0v) is 21.5. The number of carbonyl (C=O) groups excluding carboxylic acids is 1. The van der Waals surface area contributed by atoms with Crippen LogP contribution in [0.3, 0.4) is 0 Å². The van der Waals surface area contributed by atoms with Crippen molar-refractivity contribution < 1.29 is 9.53 Å². The van der Waals surface area contributed by atoms with Gasteiger partial charge in [-0.05, 0) is 67.6 Å². The number of anilines is 1. The fourth-order valence-electron chi connectivity index (χ4n) is 5.40. The van der Waals surface area contributed by atoms with E-state index in [1.807, 2.05) is 37.3 Å². The van der Waals surface area contributed by atoms with E-state index in [-0.39, 0.29) is 5.91 Å². The van der Waals surface area contributed by atoms with Gasteiger partial charge < -0.3 is 14.6 Å². The Balaban J connectivity index is 1.58. The average Bonchev–Trinajstić information content (AvgIpc) is 3.33. The SMILES string of the molecule is CCOc1ccc(-c2c3c4n(c(-c5ccccc5)cn4c2C(=O)Nc2cccc(Cl)c2)CCCC3)cc1. The van der Waals surface area contributed by atoms with Crippen LogP contribution < -0.4 is 10.1 Å². The van der Waals surface area contributed by atoms with E-state index in [4.69, 9.17) is 16.3 Å². The lowest BCUT2D eigenvalue weighted by molar-refractivity contribution is 0.102. The van der Waals surface area contributed by atoms with Crippen molar-refractivity contribution in [2.45, 2.75) is 32.7 Å². The monoisotopic (exact) mass is 509 g/mol. The van der Waals surface area contributed by atoms with Gasteiger partial charge in [0, 0.05) is 34.6 Å². The average molecular weight is 510 g/mol. The predicted molar refractivity (Wildman–Crippen MR) is 150 cm³/mol. The van der Waals surface area contributed by atoms with Crippen molar-refractivity contribution in [2.24, 2.45) is 0 Å². The highest BCUT2D eigenvalue weighted by Gasteiger charge is 2.29. The molecular formula is C31H28ClN3O2. The van der Waals surface area contributed by atoms with Gasteiger partial charge in [0.05, 0.1) is 12.3 Å². The molecule has 1 amide bonds. The number of nitrogens with one attached hydrogen (secondary N) is 1. The molecule has 186 valence electrons. The molecule has 5 aromatic rings. The molecule has 37 heavy (non-hydrogen) atoms. The van der Waals surface area contributed by atoms with E-state index in [1.54, 1.807) is 12.1 Å². The minimum atomic E-state index is -0.162. The van der Waals surface area contributed by atoms with E-state index in [9.17, 15) is 4.79 Å². The van der Waals surface area contributed by atoms with Crippen LogP contribution in [0.2, 0.25) is 5.02 Å². The van der Waals surface area contributed by atoms with Gasteiger partial charge in [-0.25, -0.2) is 0 Å². The summed E-state index contributed by atoms with van der Waals surface area (Å²) in [6.07, 6.45) is 5.18. The van der Waals surface area contributed by atoms with Crippen molar-refractivity contribution in [1.29, 1.82) is 0 Å². The molecule has 0 aliphatic carbocycles. The summed E-state index contributed by atoms with van der Waals surface area (Å²) in [5.41, 5.74) is 7.85. The highest BCUT2D eigenvalue weighted by atomic mass is 35.5. The molecule has 0 atom stereocenters. The number of nitrogens with zero attached hydrogens (tertiary/aromatic N) is 2. The number of ether oxygens (including phenoxy) is 1. The summed E-state index contributed by atoms with van der Waals surface area (Å²) in [5.74, 6) is 0.659. The van der Waals surface area contributed by atoms with Crippen molar-refractivity contribution in [3.05, 3.63) is 101 Å². The molecule has 2 aromatic heterocycles. The molecule has 5 nitrogen and oxygen atoms in total. The highest BCUT2D eigenvalue weighted by molar-refractivity contribution is 6.31. The molecule has 1 aliphatic rings. The van der Waals surface area contributed by atoms with E-state index in [0.29, 0.717) is 23.0 Å². The first kappa shape index (κ1) is 23.4. The number of aryl methyl sites for hydroxylation is 2. The Morgan fingerprint density at radius 2 is 1.78 bits per heavy atom. The van der Waals surface area contributed by atoms with Crippen molar-refractivity contribution in [2.75, 3.05) is 11.9 Å². The Labute approximate surface area is 221 Å². The Morgan fingerprint density at radius 1 is 0.973 bits per heavy atom. The van der Waals surface area contributed by atoms with Crippen molar-refractivity contribution in [3.63, 3.8) is 0 Å². The summed E-state index contributed by atoms with van der Waals surface area (Å²) in [5, 5.41) is 3.68. The number of carbonyl (C=O) groups is 1. The van der Waals surface area contributed by atoms with Crippen LogP contribution in [-0.2, 0) is 13.0 Å². The number of rotatable bonds is 6. The lowest BCUT2D eigenvalue weighted by atomic mass is 9.97. The summed E-state index contributed by atoms with van der Waals surface area (Å²) >= 11 is 6.21. The molecule has 0 spiro atoms. The van der Waals surface area contributed by atoms with Gasteiger partial charge in [-0.2, -0.15) is 0 Å². The Morgan fingerprint density at radius 3 is 2.54 bits per heavy atom. The van der Waals surface area contributed by atoms with E-state index in [1.165, 1.54) is 5.56 Å². The van der Waals surface area contributed by atoms with Crippen LogP contribution in [0.5, 0.6) is 5.75 Å². The van der Waals surface area contributed by atoms with Crippen LogP contribution in [0.25, 0.3) is 28.0 Å². The number of hydrogen-bond acceptors (Lipinski definition) is 2. The first-order chi connectivity index (χ1) is 18.1. The summed E-state index contributed by atoms with van der Waals surface area (Å²) in [4.78, 5) is 14.0. The van der Waals surface area contributed by atoms with Crippen molar-refractivity contribution >= 4 is 28.8 Å². The predicted octanol–water partition coefficient (Wildman–Crippen LogP) is 7.72. The van der Waals surface area contributed by atoms with Gasteiger partial charge in [-0.1, -0.05) is 60.1 Å². The molecule has 3 aromatic carbocycles. The largest absolute Gasteiger partial charge is 0.494 e. The van der Waals surface area contributed by atoms with Crippen LogP contribution >= 0.6 is 11.6 Å². The second-order valence-corrected chi connectivity index (χ2v) is 9.74. The fraction of sp³-hybridized carbons (Fsp3) is 0.194. The molecule has 0 saturated carbocycles. The third-order valence-electron chi connectivity index (χ3n) is 6.96. The van der Waals surface area contributed by atoms with Crippen LogP contribution in [0.4, 0.5) is 5.69 Å². The van der Waals surface area contributed by atoms with Gasteiger partial charge in [0.25, 0.3) is 5.91 Å². The summed E-state index contributed by atoms with van der Waals surface area (Å²) in [7, 11) is 0. The van der Waals surface area contributed by atoms with Gasteiger partial charge in [-0.3, -0.25) is 9.20 Å². The van der Waals surface area contributed by atoms with Crippen molar-refractivity contribution in [1.82, 2.24) is 8.97 Å². The van der Waals surface area contributed by atoms with Crippen LogP contribution in [0.15, 0.2) is 85.1 Å². The molecule has 1 aliphatic heterocycles. The quantitative estimate of drug-likeness (QED) is 0.255. The highest BCUT2D eigenvalue weighted by Crippen LogP contribution is 2.40. The number of hydrogen-bond donors (Lipinski definition) is 1. The maximum absolute atomic E-state index is 14.0. The first-order valence-electron chi connectivity index (χ1n) is 12.8. The van der Waals surface area contributed by atoms with Gasteiger partial charge >= 0.3 is 0 Å². The van der Waals surface area contributed by atoms with Crippen LogP contribution in [0.1, 0.15) is 35.8 Å². The van der Waals surface area contributed by atoms with E-state index in [2.05, 4.69) is 56.9 Å². The molecule has 0 unspecified atom stereocenters. The topological polar surface area (TPSA) is 47.7 Å². The number of amides is 1. The number of imidazole rings is 1. The molecule has 1 N–H and O–H groups in total. The first-order valence-corrected chi connectivity index (χ1v) is 13.1. The standard InChI is InChI=1S/C31H28ClN3O2/c1-2-37-25-16-14-22(15-17-25)28-26-13-6-7-18-34-27(21-9-4-3-5-10-21)20-35(31(26)34)29(28)30(36)33-24-12-8-11-23(32)19-24/h3-5,8-12,14-17,19-20H,2,6-7,13,18H2,1H3,(H,33,36). The smallest absolute Gasteiger partial charge is 0.273 e. The zero-order chi connectivity index (χ0) is 25.4. The fourth-order valence-corrected chi connectivity index (χ4v) is 5.59. The molecule has 0 bridgehead atoms. The Bertz CT molecular complexity index is 1580. The number of benzene rings is 3. The van der Waals surface area contributed by atoms with Gasteiger partial charge in [0.2, 0.25) is 0 Å². The maximum Gasteiger partial charge on any atom is 0.273 e. The third kappa shape index (κ3) is 4.30. The molecule has 0 saturated heterocycles. The van der Waals surface area contributed by atoms with Gasteiger partial charge in [0.15, 0.2) is 0 Å². The summed E-state index contributed by atoms with van der Waals surface area (Å²) < 4.78 is 10.2. The zero-order valence-electron chi connectivity index (χ0n) is 20.7. The van der Waals surface area contributed by atoms with Crippen LogP contribution in [-0.4, -0.2) is 21.5 Å². The van der Waals surface area contributed by atoms with Gasteiger partial charge in [-0.15, -0.1) is 0 Å².